The van der Waals surface area contributed by atoms with Gasteiger partial charge in [-0.2, -0.15) is 0 Å². The van der Waals surface area contributed by atoms with Crippen LogP contribution in [0.25, 0.3) is 5.57 Å². The van der Waals surface area contributed by atoms with E-state index in [2.05, 4.69) is 11.4 Å². The molecule has 0 aromatic heterocycles. The van der Waals surface area contributed by atoms with Gasteiger partial charge in [-0.05, 0) is 44.5 Å². The maximum atomic E-state index is 13.0. The number of halogens is 1. The van der Waals surface area contributed by atoms with Crippen molar-refractivity contribution in [1.82, 2.24) is 5.32 Å². The molecule has 1 aliphatic heterocycles. The SMILES string of the molecule is CC1=CC(C)(C)[N]c2ccc(F)cc21. The summed E-state index contributed by atoms with van der Waals surface area (Å²) in [6.45, 7) is 6.08. The minimum absolute atomic E-state index is 0.172. The van der Waals surface area contributed by atoms with E-state index in [0.29, 0.717) is 0 Å². The molecule has 0 atom stereocenters. The van der Waals surface area contributed by atoms with Gasteiger partial charge in [0.2, 0.25) is 0 Å². The van der Waals surface area contributed by atoms with Crippen LogP contribution in [-0.2, 0) is 0 Å². The van der Waals surface area contributed by atoms with Crippen LogP contribution in [0.5, 0.6) is 0 Å². The van der Waals surface area contributed by atoms with E-state index < -0.39 is 0 Å². The molecular formula is C12H13FN. The van der Waals surface area contributed by atoms with Crippen molar-refractivity contribution in [3.8, 4) is 0 Å². The standard InChI is InChI=1S/C12H13FN/c1-8-7-12(2,3)14-11-5-4-9(13)6-10(8)11/h4-7H,1-3H3. The van der Waals surface area contributed by atoms with E-state index in [1.165, 1.54) is 6.07 Å². The maximum absolute atomic E-state index is 13.0. The van der Waals surface area contributed by atoms with Crippen LogP contribution in [0.2, 0.25) is 0 Å². The molecule has 0 fully saturated rings. The maximum Gasteiger partial charge on any atom is 0.123 e. The minimum atomic E-state index is -0.202. The third-order valence-electron chi connectivity index (χ3n) is 2.36. The lowest BCUT2D eigenvalue weighted by Gasteiger charge is -2.28. The summed E-state index contributed by atoms with van der Waals surface area (Å²) >= 11 is 0. The van der Waals surface area contributed by atoms with E-state index in [4.69, 9.17) is 0 Å². The highest BCUT2D eigenvalue weighted by Crippen LogP contribution is 2.33. The fourth-order valence-corrected chi connectivity index (χ4v) is 1.87. The number of fused-ring (bicyclic) bond motifs is 1. The Hall–Kier alpha value is -1.31. The van der Waals surface area contributed by atoms with Crippen LogP contribution in [0.4, 0.5) is 10.1 Å². The van der Waals surface area contributed by atoms with E-state index >= 15 is 0 Å². The average Bonchev–Trinajstić information content (AvgIpc) is 2.05. The van der Waals surface area contributed by atoms with Crippen LogP contribution in [0.15, 0.2) is 24.3 Å². The van der Waals surface area contributed by atoms with E-state index in [9.17, 15) is 4.39 Å². The molecule has 0 saturated carbocycles. The smallest absolute Gasteiger partial charge is 0.123 e. The van der Waals surface area contributed by atoms with Gasteiger partial charge >= 0.3 is 0 Å². The topological polar surface area (TPSA) is 14.1 Å². The van der Waals surface area contributed by atoms with Gasteiger partial charge in [-0.3, -0.25) is 5.32 Å². The monoisotopic (exact) mass is 190 g/mol. The first-order chi connectivity index (χ1) is 6.48. The van der Waals surface area contributed by atoms with Crippen molar-refractivity contribution in [2.24, 2.45) is 0 Å². The summed E-state index contributed by atoms with van der Waals surface area (Å²) in [5, 5.41) is 4.53. The molecule has 0 saturated heterocycles. The zero-order valence-corrected chi connectivity index (χ0v) is 8.63. The third kappa shape index (κ3) is 1.52. The summed E-state index contributed by atoms with van der Waals surface area (Å²) in [6.07, 6.45) is 2.06. The van der Waals surface area contributed by atoms with Gasteiger partial charge in [0.15, 0.2) is 0 Å². The molecule has 1 heterocycles. The van der Waals surface area contributed by atoms with Crippen molar-refractivity contribution < 1.29 is 4.39 Å². The van der Waals surface area contributed by atoms with Crippen LogP contribution in [-0.4, -0.2) is 5.54 Å². The lowest BCUT2D eigenvalue weighted by molar-refractivity contribution is 0.542. The Morgan fingerprint density at radius 1 is 1.29 bits per heavy atom. The van der Waals surface area contributed by atoms with Crippen LogP contribution in [0.1, 0.15) is 26.3 Å². The van der Waals surface area contributed by atoms with Crippen LogP contribution in [0.3, 0.4) is 0 Å². The molecule has 2 heteroatoms. The lowest BCUT2D eigenvalue weighted by Crippen LogP contribution is -2.30. The fourth-order valence-electron chi connectivity index (χ4n) is 1.87. The summed E-state index contributed by atoms with van der Waals surface area (Å²) < 4.78 is 13.0. The van der Waals surface area contributed by atoms with E-state index in [1.54, 1.807) is 12.1 Å². The second-order valence-electron chi connectivity index (χ2n) is 4.25. The highest BCUT2D eigenvalue weighted by Gasteiger charge is 2.24. The quantitative estimate of drug-likeness (QED) is 0.596. The van der Waals surface area contributed by atoms with E-state index in [0.717, 1.165) is 16.8 Å². The Labute approximate surface area is 83.6 Å². The Kier molecular flexibility index (Phi) is 1.88. The Bertz CT molecular complexity index is 405. The molecule has 1 radical (unpaired) electrons. The highest BCUT2D eigenvalue weighted by molar-refractivity contribution is 5.76. The molecule has 0 bridgehead atoms. The van der Waals surface area contributed by atoms with Crippen LogP contribution >= 0.6 is 0 Å². The summed E-state index contributed by atoms with van der Waals surface area (Å²) in [5.74, 6) is -0.202. The molecule has 1 aromatic rings. The van der Waals surface area contributed by atoms with Gasteiger partial charge in [-0.25, -0.2) is 4.39 Å². The predicted octanol–water partition coefficient (Wildman–Crippen LogP) is 3.26. The molecule has 73 valence electrons. The molecule has 0 N–H and O–H groups in total. The van der Waals surface area contributed by atoms with Gasteiger partial charge in [0, 0.05) is 5.56 Å². The Balaban J connectivity index is 2.56. The van der Waals surface area contributed by atoms with E-state index in [1.807, 2.05) is 20.8 Å². The molecular weight excluding hydrogens is 177 g/mol. The summed E-state index contributed by atoms with van der Waals surface area (Å²) in [7, 11) is 0. The first kappa shape index (κ1) is 9.25. The second kappa shape index (κ2) is 2.84. The van der Waals surface area contributed by atoms with Crippen molar-refractivity contribution in [1.29, 1.82) is 0 Å². The lowest BCUT2D eigenvalue weighted by atomic mass is 9.91. The highest BCUT2D eigenvalue weighted by atomic mass is 19.1. The Morgan fingerprint density at radius 3 is 2.71 bits per heavy atom. The minimum Gasteiger partial charge on any atom is -0.275 e. The van der Waals surface area contributed by atoms with Crippen LogP contribution in [0, 0.1) is 5.82 Å². The number of benzene rings is 1. The largest absolute Gasteiger partial charge is 0.275 e. The van der Waals surface area contributed by atoms with Gasteiger partial charge in [-0.15, -0.1) is 0 Å². The molecule has 0 unspecified atom stereocenters. The van der Waals surface area contributed by atoms with E-state index in [-0.39, 0.29) is 11.4 Å². The van der Waals surface area contributed by atoms with Gasteiger partial charge in [0.25, 0.3) is 0 Å². The first-order valence-electron chi connectivity index (χ1n) is 4.70. The fraction of sp³-hybridized carbons (Fsp3) is 0.333. The molecule has 14 heavy (non-hydrogen) atoms. The molecule has 1 aliphatic rings. The van der Waals surface area contributed by atoms with Gasteiger partial charge in [-0.1, -0.05) is 6.08 Å². The number of hydrogen-bond acceptors (Lipinski definition) is 0. The number of rotatable bonds is 0. The van der Waals surface area contributed by atoms with Crippen molar-refractivity contribution in [2.75, 3.05) is 0 Å². The van der Waals surface area contributed by atoms with Gasteiger partial charge < -0.3 is 0 Å². The van der Waals surface area contributed by atoms with Gasteiger partial charge in [0.05, 0.1) is 11.2 Å². The van der Waals surface area contributed by atoms with Crippen molar-refractivity contribution in [3.63, 3.8) is 0 Å². The summed E-state index contributed by atoms with van der Waals surface area (Å²) in [5.41, 5.74) is 2.72. The number of nitrogens with zero attached hydrogens (tertiary/aromatic N) is 1. The summed E-state index contributed by atoms with van der Waals surface area (Å²) in [6, 6.07) is 4.74. The molecule has 0 aliphatic carbocycles. The first-order valence-corrected chi connectivity index (χ1v) is 4.70. The molecule has 1 nitrogen and oxygen atoms in total. The van der Waals surface area contributed by atoms with Crippen molar-refractivity contribution in [2.45, 2.75) is 26.3 Å². The molecule has 0 amide bonds. The van der Waals surface area contributed by atoms with Crippen LogP contribution < -0.4 is 5.32 Å². The second-order valence-corrected chi connectivity index (χ2v) is 4.25. The Morgan fingerprint density at radius 2 is 2.00 bits per heavy atom. The normalized spacial score (nSPS) is 18.1. The zero-order valence-electron chi connectivity index (χ0n) is 8.63. The third-order valence-corrected chi connectivity index (χ3v) is 2.36. The molecule has 0 spiro atoms. The van der Waals surface area contributed by atoms with Crippen molar-refractivity contribution >= 4 is 11.3 Å². The van der Waals surface area contributed by atoms with Gasteiger partial charge in [0.1, 0.15) is 5.82 Å². The molecule has 2 rings (SSSR count). The zero-order chi connectivity index (χ0) is 10.3. The average molecular weight is 190 g/mol. The number of allylic oxidation sites excluding steroid dienone is 1. The predicted molar refractivity (Wildman–Crippen MR) is 55.9 cm³/mol. The summed E-state index contributed by atoms with van der Waals surface area (Å²) in [4.78, 5) is 0. The number of hydrogen-bond donors (Lipinski definition) is 0. The molecule has 1 aromatic carbocycles. The van der Waals surface area contributed by atoms with Crippen molar-refractivity contribution in [3.05, 3.63) is 35.7 Å².